The molecule has 2 N–H and O–H groups in total. The van der Waals surface area contributed by atoms with Crippen LogP contribution in [0.5, 0.6) is 0 Å². The molecule has 2 aliphatic heterocycles. The first kappa shape index (κ1) is 22.5. The van der Waals surface area contributed by atoms with Gasteiger partial charge < -0.3 is 14.4 Å². The van der Waals surface area contributed by atoms with Gasteiger partial charge in [-0.05, 0) is 36.3 Å². The summed E-state index contributed by atoms with van der Waals surface area (Å²) >= 11 is 0. The van der Waals surface area contributed by atoms with E-state index in [1.807, 2.05) is 0 Å². The Morgan fingerprint density at radius 1 is 1.16 bits per heavy atom. The molecule has 3 aromatic rings. The molecule has 0 unspecified atom stereocenters. The van der Waals surface area contributed by atoms with Gasteiger partial charge in [-0.1, -0.05) is 18.2 Å². The summed E-state index contributed by atoms with van der Waals surface area (Å²) in [6.45, 7) is 5.31. The summed E-state index contributed by atoms with van der Waals surface area (Å²) in [7, 11) is 2.12. The highest BCUT2D eigenvalue weighted by atomic mass is 35.5. The number of hydrogen-bond donors (Lipinski definition) is 2. The number of nitrogens with zero attached hydrogens (tertiary/aromatic N) is 5. The summed E-state index contributed by atoms with van der Waals surface area (Å²) < 4.78 is 2.23. The summed E-state index contributed by atoms with van der Waals surface area (Å²) in [4.78, 5) is 24.8. The number of anilines is 1. The van der Waals surface area contributed by atoms with Crippen LogP contribution in [0, 0.1) is 5.41 Å². The zero-order chi connectivity index (χ0) is 21.4. The van der Waals surface area contributed by atoms with Crippen LogP contribution in [0.15, 0.2) is 42.9 Å². The molecule has 0 atom stereocenters. The van der Waals surface area contributed by atoms with Crippen molar-refractivity contribution in [1.82, 2.24) is 24.9 Å². The average Bonchev–Trinajstić information content (AvgIpc) is 3.12. The number of halogens is 1. The number of rotatable bonds is 5. The first-order valence-electron chi connectivity index (χ1n) is 10.8. The van der Waals surface area contributed by atoms with E-state index in [9.17, 15) is 4.79 Å². The van der Waals surface area contributed by atoms with E-state index in [-0.39, 0.29) is 18.0 Å². The van der Waals surface area contributed by atoms with Gasteiger partial charge in [0.05, 0.1) is 5.56 Å². The fourth-order valence-corrected chi connectivity index (χ4v) is 5.13. The van der Waals surface area contributed by atoms with Crippen molar-refractivity contribution < 1.29 is 10.0 Å². The third-order valence-corrected chi connectivity index (χ3v) is 6.90. The van der Waals surface area contributed by atoms with Crippen molar-refractivity contribution in [3.63, 3.8) is 0 Å². The Kier molecular flexibility index (Phi) is 6.37. The monoisotopic (exact) mass is 456 g/mol. The van der Waals surface area contributed by atoms with E-state index >= 15 is 0 Å². The Bertz CT molecular complexity index is 1080. The lowest BCUT2D eigenvalue weighted by Gasteiger charge is -2.54. The maximum atomic E-state index is 11.4. The summed E-state index contributed by atoms with van der Waals surface area (Å²) in [6.07, 6.45) is 8.55. The van der Waals surface area contributed by atoms with Crippen LogP contribution < -0.4 is 10.4 Å². The maximum Gasteiger partial charge on any atom is 0.277 e. The van der Waals surface area contributed by atoms with E-state index < -0.39 is 5.91 Å². The molecule has 32 heavy (non-hydrogen) atoms. The molecule has 2 aliphatic rings. The number of aryl methyl sites for hydroxylation is 1. The molecule has 0 aliphatic carbocycles. The molecule has 2 fully saturated rings. The number of hydrogen-bond acceptors (Lipinski definition) is 6. The first-order valence-corrected chi connectivity index (χ1v) is 10.8. The molecule has 2 saturated heterocycles. The van der Waals surface area contributed by atoms with Crippen LogP contribution in [0.3, 0.4) is 0 Å². The van der Waals surface area contributed by atoms with Gasteiger partial charge in [0.25, 0.3) is 5.91 Å². The van der Waals surface area contributed by atoms with Gasteiger partial charge in [-0.2, -0.15) is 0 Å². The fraction of sp³-hybridized carbons (Fsp3) is 0.435. The molecule has 4 heterocycles. The number of fused-ring (bicyclic) bond motifs is 1. The quantitative estimate of drug-likeness (QED) is 0.453. The van der Waals surface area contributed by atoms with Crippen molar-refractivity contribution in [3.8, 4) is 0 Å². The predicted molar refractivity (Wildman–Crippen MR) is 125 cm³/mol. The summed E-state index contributed by atoms with van der Waals surface area (Å²) in [5.74, 6) is 0.0543. The highest BCUT2D eigenvalue weighted by Crippen LogP contribution is 2.41. The minimum absolute atomic E-state index is 0. The van der Waals surface area contributed by atoms with E-state index in [0.29, 0.717) is 11.4 Å². The molecule has 1 amide bonds. The van der Waals surface area contributed by atoms with E-state index in [1.54, 1.807) is 5.48 Å². The number of piperidine rings is 1. The second kappa shape index (κ2) is 9.05. The smallest absolute Gasteiger partial charge is 0.277 e. The van der Waals surface area contributed by atoms with Crippen molar-refractivity contribution >= 4 is 35.2 Å². The van der Waals surface area contributed by atoms with Crippen LogP contribution in [0.2, 0.25) is 0 Å². The SMILES string of the molecule is Cl.Cn1cc(CCN2CC3(CCN(c4ncc(C(=O)NO)cn4)CC3)C2)c2ccccc21. The summed E-state index contributed by atoms with van der Waals surface area (Å²) in [5, 5.41) is 10.1. The number of nitrogens with one attached hydrogen (secondary N) is 1. The topological polar surface area (TPSA) is 86.5 Å². The van der Waals surface area contributed by atoms with Crippen molar-refractivity contribution in [3.05, 3.63) is 54.0 Å². The summed E-state index contributed by atoms with van der Waals surface area (Å²) in [5.41, 5.74) is 5.01. The number of hydroxylamine groups is 1. The Hall–Kier alpha value is -2.68. The largest absolute Gasteiger partial charge is 0.350 e. The summed E-state index contributed by atoms with van der Waals surface area (Å²) in [6, 6.07) is 8.63. The highest BCUT2D eigenvalue weighted by molar-refractivity contribution is 5.92. The molecule has 9 heteroatoms. The van der Waals surface area contributed by atoms with Gasteiger partial charge in [0, 0.05) is 69.3 Å². The third-order valence-electron chi connectivity index (χ3n) is 6.90. The minimum Gasteiger partial charge on any atom is -0.350 e. The number of likely N-dealkylation sites (tertiary alicyclic amines) is 1. The van der Waals surface area contributed by atoms with Crippen LogP contribution in [0.4, 0.5) is 5.95 Å². The van der Waals surface area contributed by atoms with Crippen molar-refractivity contribution in [2.24, 2.45) is 12.5 Å². The van der Waals surface area contributed by atoms with E-state index in [2.05, 4.69) is 61.8 Å². The molecule has 8 nitrogen and oxygen atoms in total. The molecular weight excluding hydrogens is 428 g/mol. The number of para-hydroxylation sites is 1. The average molecular weight is 457 g/mol. The Morgan fingerprint density at radius 3 is 2.53 bits per heavy atom. The Labute approximate surface area is 193 Å². The van der Waals surface area contributed by atoms with Crippen molar-refractivity contribution in [2.45, 2.75) is 19.3 Å². The standard InChI is InChI=1S/C23H28N6O2.ClH/c1-27-14-17(19-4-2-3-5-20(19)27)6-9-28-15-23(16-28)7-10-29(11-8-23)22-24-12-18(13-25-22)21(30)26-31;/h2-5,12-14,31H,6-11,15-16H2,1H3,(H,26,30);1H. The zero-order valence-electron chi connectivity index (χ0n) is 18.2. The van der Waals surface area contributed by atoms with E-state index in [1.165, 1.54) is 41.9 Å². The lowest BCUT2D eigenvalue weighted by Crippen LogP contribution is -2.60. The molecule has 1 spiro atoms. The molecule has 0 bridgehead atoms. The van der Waals surface area contributed by atoms with Gasteiger partial charge in [0.15, 0.2) is 0 Å². The highest BCUT2D eigenvalue weighted by Gasteiger charge is 2.44. The number of aromatic nitrogens is 3. The van der Waals surface area contributed by atoms with E-state index in [0.717, 1.165) is 38.9 Å². The molecule has 1 aromatic carbocycles. The minimum atomic E-state index is -0.595. The van der Waals surface area contributed by atoms with Gasteiger partial charge in [0.2, 0.25) is 5.95 Å². The molecule has 0 saturated carbocycles. The fourth-order valence-electron chi connectivity index (χ4n) is 5.13. The van der Waals surface area contributed by atoms with Gasteiger partial charge >= 0.3 is 0 Å². The number of amides is 1. The van der Waals surface area contributed by atoms with Gasteiger partial charge in [-0.15, -0.1) is 12.4 Å². The zero-order valence-corrected chi connectivity index (χ0v) is 19.0. The van der Waals surface area contributed by atoms with Crippen LogP contribution >= 0.6 is 12.4 Å². The van der Waals surface area contributed by atoms with Crippen LogP contribution in [0.1, 0.15) is 28.8 Å². The second-order valence-electron chi connectivity index (χ2n) is 8.94. The van der Waals surface area contributed by atoms with Gasteiger partial charge in [-0.25, -0.2) is 15.4 Å². The molecule has 170 valence electrons. The lowest BCUT2D eigenvalue weighted by atomic mass is 9.72. The van der Waals surface area contributed by atoms with Crippen LogP contribution in [-0.4, -0.2) is 63.3 Å². The number of carbonyl (C=O) groups excluding carboxylic acids is 1. The Morgan fingerprint density at radius 2 is 1.84 bits per heavy atom. The van der Waals surface area contributed by atoms with Gasteiger partial charge in [0.1, 0.15) is 0 Å². The van der Waals surface area contributed by atoms with Crippen LogP contribution in [-0.2, 0) is 13.5 Å². The van der Waals surface area contributed by atoms with Crippen molar-refractivity contribution in [2.75, 3.05) is 37.6 Å². The maximum absolute atomic E-state index is 11.4. The molecule has 5 rings (SSSR count). The van der Waals surface area contributed by atoms with Crippen LogP contribution in [0.25, 0.3) is 10.9 Å². The van der Waals surface area contributed by atoms with Crippen molar-refractivity contribution in [1.29, 1.82) is 0 Å². The van der Waals surface area contributed by atoms with E-state index in [4.69, 9.17) is 5.21 Å². The number of benzene rings is 1. The molecule has 2 aromatic heterocycles. The second-order valence-corrected chi connectivity index (χ2v) is 8.94. The van der Waals surface area contributed by atoms with Gasteiger partial charge in [-0.3, -0.25) is 10.0 Å². The molecule has 0 radical (unpaired) electrons. The number of carbonyl (C=O) groups is 1. The third kappa shape index (κ3) is 4.18. The first-order chi connectivity index (χ1) is 15.1. The Balaban J connectivity index is 0.00000245. The molecular formula is C23H29ClN6O2. The lowest BCUT2D eigenvalue weighted by molar-refractivity contribution is -0.0173. The normalized spacial score (nSPS) is 17.8. The predicted octanol–water partition coefficient (Wildman–Crippen LogP) is 2.65.